The Morgan fingerprint density at radius 3 is 2.45 bits per heavy atom. The topological polar surface area (TPSA) is 55.8 Å². The monoisotopic (exact) mass is 383 g/mol. The Labute approximate surface area is 137 Å². The molecule has 1 aliphatic heterocycles. The first-order chi connectivity index (χ1) is 10.5. The third-order valence-electron chi connectivity index (χ3n) is 3.36. The standard InChI is InChI=1S/C15H14BrNO4S/c1-17(13-5-3-2-4-12(13)16)22(18,19)11-6-7-14-15(10-11)21-9-8-20-14/h2-7,10H,8-9H2,1H3. The Kier molecular flexibility index (Phi) is 4.01. The molecule has 0 saturated heterocycles. The fraction of sp³-hybridized carbons (Fsp3) is 0.200. The molecular weight excluding hydrogens is 370 g/mol. The Morgan fingerprint density at radius 1 is 1.05 bits per heavy atom. The van der Waals surface area contributed by atoms with Crippen LogP contribution in [0.5, 0.6) is 11.5 Å². The first-order valence-corrected chi connectivity index (χ1v) is 8.86. The van der Waals surface area contributed by atoms with Crippen molar-refractivity contribution in [2.24, 2.45) is 0 Å². The van der Waals surface area contributed by atoms with Gasteiger partial charge in [-0.15, -0.1) is 0 Å². The van der Waals surface area contributed by atoms with Crippen molar-refractivity contribution in [3.05, 3.63) is 46.9 Å². The van der Waals surface area contributed by atoms with Crippen LogP contribution in [0.3, 0.4) is 0 Å². The maximum absolute atomic E-state index is 12.8. The SMILES string of the molecule is CN(c1ccccc1Br)S(=O)(=O)c1ccc2c(c1)OCCO2. The van der Waals surface area contributed by atoms with Gasteiger partial charge in [-0.2, -0.15) is 0 Å². The molecule has 0 saturated carbocycles. The average Bonchev–Trinajstić information content (AvgIpc) is 2.54. The first kappa shape index (κ1) is 15.2. The van der Waals surface area contributed by atoms with Gasteiger partial charge >= 0.3 is 0 Å². The molecule has 0 spiro atoms. The molecule has 0 amide bonds. The van der Waals surface area contributed by atoms with Gasteiger partial charge in [0.15, 0.2) is 11.5 Å². The second kappa shape index (κ2) is 5.81. The lowest BCUT2D eigenvalue weighted by Crippen LogP contribution is -2.27. The van der Waals surface area contributed by atoms with Crippen LogP contribution >= 0.6 is 15.9 Å². The van der Waals surface area contributed by atoms with Crippen LogP contribution in [-0.2, 0) is 10.0 Å². The lowest BCUT2D eigenvalue weighted by atomic mass is 10.3. The summed E-state index contributed by atoms with van der Waals surface area (Å²) in [4.78, 5) is 0.162. The summed E-state index contributed by atoms with van der Waals surface area (Å²) in [5.41, 5.74) is 0.567. The van der Waals surface area contributed by atoms with E-state index in [0.717, 1.165) is 0 Å². The van der Waals surface area contributed by atoms with Gasteiger partial charge in [-0.1, -0.05) is 12.1 Å². The second-order valence-corrected chi connectivity index (χ2v) is 7.55. The molecule has 22 heavy (non-hydrogen) atoms. The van der Waals surface area contributed by atoms with E-state index in [1.165, 1.54) is 23.5 Å². The predicted molar refractivity (Wildman–Crippen MR) is 87.2 cm³/mol. The zero-order valence-corrected chi connectivity index (χ0v) is 14.2. The smallest absolute Gasteiger partial charge is 0.264 e. The molecule has 2 aromatic rings. The molecule has 7 heteroatoms. The minimum atomic E-state index is -3.68. The highest BCUT2D eigenvalue weighted by Gasteiger charge is 2.25. The summed E-state index contributed by atoms with van der Waals surface area (Å²) in [7, 11) is -2.16. The fourth-order valence-corrected chi connectivity index (χ4v) is 4.08. The van der Waals surface area contributed by atoms with Crippen LogP contribution in [0.15, 0.2) is 51.8 Å². The van der Waals surface area contributed by atoms with Crippen LogP contribution in [0.25, 0.3) is 0 Å². The number of para-hydroxylation sites is 1. The second-order valence-electron chi connectivity index (χ2n) is 4.73. The molecule has 0 fully saturated rings. The maximum atomic E-state index is 12.8. The average molecular weight is 384 g/mol. The fourth-order valence-electron chi connectivity index (χ4n) is 2.18. The van der Waals surface area contributed by atoms with Crippen LogP contribution in [0.4, 0.5) is 5.69 Å². The lowest BCUT2D eigenvalue weighted by molar-refractivity contribution is 0.171. The van der Waals surface area contributed by atoms with Crippen LogP contribution in [-0.4, -0.2) is 28.7 Å². The van der Waals surface area contributed by atoms with Gasteiger partial charge in [-0.05, 0) is 40.2 Å². The molecule has 0 bridgehead atoms. The molecular formula is C15H14BrNO4S. The molecule has 0 unspecified atom stereocenters. The van der Waals surface area contributed by atoms with Gasteiger partial charge in [0, 0.05) is 17.6 Å². The molecule has 1 heterocycles. The molecule has 0 aliphatic carbocycles. The molecule has 0 radical (unpaired) electrons. The van der Waals surface area contributed by atoms with E-state index in [0.29, 0.717) is 34.9 Å². The number of halogens is 1. The van der Waals surface area contributed by atoms with E-state index < -0.39 is 10.0 Å². The summed E-state index contributed by atoms with van der Waals surface area (Å²) in [6, 6.07) is 11.8. The lowest BCUT2D eigenvalue weighted by Gasteiger charge is -2.23. The van der Waals surface area contributed by atoms with Gasteiger partial charge in [0.2, 0.25) is 0 Å². The van der Waals surface area contributed by atoms with Crippen molar-refractivity contribution in [3.63, 3.8) is 0 Å². The Morgan fingerprint density at radius 2 is 1.73 bits per heavy atom. The predicted octanol–water partition coefficient (Wildman–Crippen LogP) is 3.05. The molecule has 1 aliphatic rings. The van der Waals surface area contributed by atoms with E-state index in [2.05, 4.69) is 15.9 Å². The van der Waals surface area contributed by atoms with Crippen LogP contribution in [0, 0.1) is 0 Å². The molecule has 0 atom stereocenters. The van der Waals surface area contributed by atoms with Crippen LogP contribution in [0.1, 0.15) is 0 Å². The summed E-state index contributed by atoms with van der Waals surface area (Å²) >= 11 is 3.37. The van der Waals surface area contributed by atoms with Crippen LogP contribution in [0.2, 0.25) is 0 Å². The van der Waals surface area contributed by atoms with E-state index in [-0.39, 0.29) is 4.90 Å². The van der Waals surface area contributed by atoms with Crippen LogP contribution < -0.4 is 13.8 Å². The number of fused-ring (bicyclic) bond motifs is 1. The molecule has 0 aromatic heterocycles. The van der Waals surface area contributed by atoms with E-state index in [4.69, 9.17) is 9.47 Å². The quantitative estimate of drug-likeness (QED) is 0.817. The van der Waals surface area contributed by atoms with Crippen molar-refractivity contribution in [1.82, 2.24) is 0 Å². The zero-order valence-electron chi connectivity index (χ0n) is 11.8. The number of ether oxygens (including phenoxy) is 2. The number of rotatable bonds is 3. The number of anilines is 1. The third-order valence-corrected chi connectivity index (χ3v) is 5.80. The van der Waals surface area contributed by atoms with Gasteiger partial charge < -0.3 is 9.47 Å². The normalized spacial score (nSPS) is 13.7. The van der Waals surface area contributed by atoms with E-state index in [1.54, 1.807) is 24.3 Å². The maximum Gasteiger partial charge on any atom is 0.264 e. The first-order valence-electron chi connectivity index (χ1n) is 6.63. The summed E-state index contributed by atoms with van der Waals surface area (Å²) < 4.78 is 38.4. The van der Waals surface area contributed by atoms with Crippen molar-refractivity contribution in [1.29, 1.82) is 0 Å². The van der Waals surface area contributed by atoms with Gasteiger partial charge in [0.1, 0.15) is 13.2 Å². The molecule has 116 valence electrons. The zero-order chi connectivity index (χ0) is 15.7. The summed E-state index contributed by atoms with van der Waals surface area (Å²) in [6.45, 7) is 0.881. The van der Waals surface area contributed by atoms with E-state index >= 15 is 0 Å². The highest BCUT2D eigenvalue weighted by Crippen LogP contribution is 2.35. The number of sulfonamides is 1. The van der Waals surface area contributed by atoms with Crippen molar-refractivity contribution in [3.8, 4) is 11.5 Å². The van der Waals surface area contributed by atoms with Gasteiger partial charge in [-0.25, -0.2) is 8.42 Å². The molecule has 3 rings (SSSR count). The number of hydrogen-bond donors (Lipinski definition) is 0. The van der Waals surface area contributed by atoms with E-state index in [9.17, 15) is 8.42 Å². The number of nitrogens with zero attached hydrogens (tertiary/aromatic N) is 1. The molecule has 0 N–H and O–H groups in total. The van der Waals surface area contributed by atoms with Crippen molar-refractivity contribution in [2.75, 3.05) is 24.6 Å². The minimum absolute atomic E-state index is 0.162. The van der Waals surface area contributed by atoms with Crippen molar-refractivity contribution < 1.29 is 17.9 Å². The molecule has 5 nitrogen and oxygen atoms in total. The Hall–Kier alpha value is -1.73. The Bertz CT molecular complexity index is 807. The molecule has 2 aromatic carbocycles. The van der Waals surface area contributed by atoms with Gasteiger partial charge in [0.25, 0.3) is 10.0 Å². The van der Waals surface area contributed by atoms with Crippen molar-refractivity contribution in [2.45, 2.75) is 4.90 Å². The third kappa shape index (κ3) is 2.66. The number of hydrogen-bond acceptors (Lipinski definition) is 4. The summed E-state index contributed by atoms with van der Waals surface area (Å²) in [5.74, 6) is 1.02. The summed E-state index contributed by atoms with van der Waals surface area (Å²) in [5, 5.41) is 0. The van der Waals surface area contributed by atoms with Gasteiger partial charge in [-0.3, -0.25) is 4.31 Å². The Balaban J connectivity index is 2.01. The van der Waals surface area contributed by atoms with Crippen molar-refractivity contribution >= 4 is 31.6 Å². The highest BCUT2D eigenvalue weighted by molar-refractivity contribution is 9.10. The van der Waals surface area contributed by atoms with E-state index in [1.807, 2.05) is 6.07 Å². The number of benzene rings is 2. The van der Waals surface area contributed by atoms with Gasteiger partial charge in [0.05, 0.1) is 10.6 Å². The minimum Gasteiger partial charge on any atom is -0.486 e. The highest BCUT2D eigenvalue weighted by atomic mass is 79.9. The largest absolute Gasteiger partial charge is 0.486 e. The summed E-state index contributed by atoms with van der Waals surface area (Å²) in [6.07, 6.45) is 0.